The molecular formula is C21H25ClN4O2. The molecule has 0 aliphatic carbocycles. The van der Waals surface area contributed by atoms with Gasteiger partial charge in [-0.2, -0.15) is 9.78 Å². The van der Waals surface area contributed by atoms with Crippen molar-refractivity contribution in [2.45, 2.75) is 25.8 Å². The van der Waals surface area contributed by atoms with Crippen LogP contribution in [0.3, 0.4) is 0 Å². The maximum absolute atomic E-state index is 11.2. The number of aromatic amines is 1. The zero-order valence-electron chi connectivity index (χ0n) is 16.0. The molecule has 7 heteroatoms. The van der Waals surface area contributed by atoms with Crippen molar-refractivity contribution in [2.75, 3.05) is 20.2 Å². The number of hydrogen-bond donors (Lipinski definition) is 1. The lowest BCUT2D eigenvalue weighted by Crippen LogP contribution is -2.28. The van der Waals surface area contributed by atoms with Crippen LogP contribution in [0.25, 0.3) is 5.69 Å². The van der Waals surface area contributed by atoms with Gasteiger partial charge in [0, 0.05) is 11.6 Å². The second kappa shape index (κ2) is 10.1. The van der Waals surface area contributed by atoms with E-state index in [1.807, 2.05) is 12.1 Å². The van der Waals surface area contributed by atoms with E-state index in [1.54, 1.807) is 31.4 Å². The van der Waals surface area contributed by atoms with Crippen LogP contribution in [-0.4, -0.2) is 39.9 Å². The van der Waals surface area contributed by atoms with Crippen LogP contribution >= 0.6 is 11.6 Å². The highest BCUT2D eigenvalue weighted by molar-refractivity contribution is 6.30. The lowest BCUT2D eigenvalue weighted by atomic mass is 10.1. The van der Waals surface area contributed by atoms with Gasteiger partial charge in [-0.25, -0.2) is 4.79 Å². The van der Waals surface area contributed by atoms with Gasteiger partial charge in [0.1, 0.15) is 12.1 Å². The van der Waals surface area contributed by atoms with Crippen LogP contribution in [0.2, 0.25) is 5.02 Å². The van der Waals surface area contributed by atoms with Crippen molar-refractivity contribution in [3.63, 3.8) is 0 Å². The summed E-state index contributed by atoms with van der Waals surface area (Å²) in [6, 6.07) is 15.3. The highest BCUT2D eigenvalue weighted by atomic mass is 35.5. The smallest absolute Gasteiger partial charge is 0.347 e. The maximum Gasteiger partial charge on any atom is 0.347 e. The molecule has 148 valence electrons. The fourth-order valence-electron chi connectivity index (χ4n) is 3.13. The molecule has 0 spiro atoms. The molecule has 0 amide bonds. The Morgan fingerprint density at radius 2 is 1.71 bits per heavy atom. The van der Waals surface area contributed by atoms with Gasteiger partial charge in [-0.1, -0.05) is 30.2 Å². The number of hydrogen-bond acceptors (Lipinski definition) is 4. The number of likely N-dealkylation sites (tertiary alicyclic amines) is 1. The summed E-state index contributed by atoms with van der Waals surface area (Å²) < 4.78 is 6.28. The molecule has 6 nitrogen and oxygen atoms in total. The Morgan fingerprint density at radius 3 is 2.29 bits per heavy atom. The van der Waals surface area contributed by atoms with E-state index in [1.165, 1.54) is 48.9 Å². The third kappa shape index (κ3) is 5.71. The first-order valence-corrected chi connectivity index (χ1v) is 9.77. The molecule has 1 saturated heterocycles. The highest BCUT2D eigenvalue weighted by Gasteiger charge is 2.09. The van der Waals surface area contributed by atoms with E-state index in [4.69, 9.17) is 16.3 Å². The predicted molar refractivity (Wildman–Crippen MR) is 111 cm³/mol. The van der Waals surface area contributed by atoms with E-state index in [0.717, 1.165) is 17.3 Å². The molecule has 1 N–H and O–H groups in total. The summed E-state index contributed by atoms with van der Waals surface area (Å²) in [6.07, 6.45) is 5.46. The average molecular weight is 401 g/mol. The fourth-order valence-corrected chi connectivity index (χ4v) is 3.25. The number of aromatic nitrogens is 3. The van der Waals surface area contributed by atoms with Crippen molar-refractivity contribution < 1.29 is 4.74 Å². The van der Waals surface area contributed by atoms with Crippen LogP contribution in [-0.2, 0) is 6.54 Å². The van der Waals surface area contributed by atoms with Crippen LogP contribution in [0.15, 0.2) is 59.7 Å². The van der Waals surface area contributed by atoms with E-state index < -0.39 is 0 Å². The zero-order valence-corrected chi connectivity index (χ0v) is 16.7. The van der Waals surface area contributed by atoms with E-state index in [0.29, 0.717) is 5.69 Å². The molecule has 0 bridgehead atoms. The van der Waals surface area contributed by atoms with Crippen molar-refractivity contribution in [3.05, 3.63) is 75.9 Å². The lowest BCUT2D eigenvalue weighted by molar-refractivity contribution is 0.221. The number of piperidine rings is 1. The number of methoxy groups -OCH3 is 1. The Kier molecular flexibility index (Phi) is 7.28. The molecule has 0 atom stereocenters. The second-order valence-electron chi connectivity index (χ2n) is 6.67. The monoisotopic (exact) mass is 400 g/mol. The second-order valence-corrected chi connectivity index (χ2v) is 7.10. The van der Waals surface area contributed by atoms with Gasteiger partial charge in [0.2, 0.25) is 0 Å². The minimum Gasteiger partial charge on any atom is -0.497 e. The molecule has 2 aromatic carbocycles. The molecular weight excluding hydrogens is 376 g/mol. The maximum atomic E-state index is 11.2. The number of nitrogens with one attached hydrogen (secondary N) is 1. The molecule has 28 heavy (non-hydrogen) atoms. The Hall–Kier alpha value is -2.57. The van der Waals surface area contributed by atoms with Crippen LogP contribution in [0.4, 0.5) is 0 Å². The molecule has 0 unspecified atom stereocenters. The first-order valence-electron chi connectivity index (χ1n) is 9.39. The summed E-state index contributed by atoms with van der Waals surface area (Å²) in [5.41, 5.74) is 1.82. The van der Waals surface area contributed by atoms with E-state index in [9.17, 15) is 4.79 Å². The largest absolute Gasteiger partial charge is 0.497 e. The lowest BCUT2D eigenvalue weighted by Gasteiger charge is -2.26. The van der Waals surface area contributed by atoms with E-state index >= 15 is 0 Å². The zero-order chi connectivity index (χ0) is 19.8. The predicted octanol–water partition coefficient (Wildman–Crippen LogP) is 3.90. The molecule has 3 aromatic rings. The van der Waals surface area contributed by atoms with Gasteiger partial charge in [-0.3, -0.25) is 9.88 Å². The van der Waals surface area contributed by atoms with Gasteiger partial charge < -0.3 is 4.74 Å². The Bertz CT molecular complexity index is 897. The van der Waals surface area contributed by atoms with Gasteiger partial charge in [0.05, 0.1) is 12.8 Å². The molecule has 0 saturated carbocycles. The average Bonchev–Trinajstić information content (AvgIpc) is 3.17. The molecule has 1 aliphatic rings. The third-order valence-corrected chi connectivity index (χ3v) is 4.89. The molecule has 0 radical (unpaired) electrons. The van der Waals surface area contributed by atoms with Crippen molar-refractivity contribution in [1.29, 1.82) is 0 Å². The molecule has 1 aliphatic heterocycles. The highest BCUT2D eigenvalue weighted by Crippen LogP contribution is 2.15. The molecule has 1 aromatic heterocycles. The van der Waals surface area contributed by atoms with E-state index in [-0.39, 0.29) is 5.69 Å². The summed E-state index contributed by atoms with van der Waals surface area (Å²) >= 11 is 5.84. The normalized spacial score (nSPS) is 14.2. The standard InChI is InChI=1S/C12H16ClN.C9H9N3O2/c13-12-6-4-11(5-7-12)10-14-8-2-1-3-9-14;1-14-8-4-2-7(3-5-8)12-9(13)10-6-11-12/h4-7H,1-3,8-10H2;2-6H,1H3,(H,10,11,13). The minimum absolute atomic E-state index is 0.254. The van der Waals surface area contributed by atoms with Crippen molar-refractivity contribution in [1.82, 2.24) is 19.7 Å². The molecule has 4 rings (SSSR count). The van der Waals surface area contributed by atoms with Crippen LogP contribution in [0.5, 0.6) is 5.75 Å². The number of rotatable bonds is 4. The van der Waals surface area contributed by atoms with Gasteiger partial charge in [0.15, 0.2) is 0 Å². The Labute approximate surface area is 169 Å². The number of halogens is 1. The Morgan fingerprint density at radius 1 is 1.04 bits per heavy atom. The van der Waals surface area contributed by atoms with Crippen LogP contribution < -0.4 is 10.4 Å². The number of ether oxygens (including phenoxy) is 1. The topological polar surface area (TPSA) is 63.2 Å². The first kappa shape index (κ1) is 20.2. The van der Waals surface area contributed by atoms with E-state index in [2.05, 4.69) is 27.1 Å². The fraction of sp³-hybridized carbons (Fsp3) is 0.333. The quantitative estimate of drug-likeness (QED) is 0.721. The van der Waals surface area contributed by atoms with Crippen LogP contribution in [0, 0.1) is 0 Å². The van der Waals surface area contributed by atoms with Gasteiger partial charge in [0.25, 0.3) is 0 Å². The summed E-state index contributed by atoms with van der Waals surface area (Å²) in [5, 5.41) is 4.68. The van der Waals surface area contributed by atoms with Gasteiger partial charge in [-0.05, 0) is 67.9 Å². The minimum atomic E-state index is -0.254. The number of nitrogens with zero attached hydrogens (tertiary/aromatic N) is 3. The van der Waals surface area contributed by atoms with Crippen molar-refractivity contribution in [2.24, 2.45) is 0 Å². The van der Waals surface area contributed by atoms with Gasteiger partial charge in [-0.15, -0.1) is 0 Å². The van der Waals surface area contributed by atoms with Crippen molar-refractivity contribution in [3.8, 4) is 11.4 Å². The summed E-state index contributed by atoms with van der Waals surface area (Å²) in [4.78, 5) is 16.2. The first-order chi connectivity index (χ1) is 13.7. The number of H-pyrrole nitrogens is 1. The molecule has 1 fully saturated rings. The molecule has 2 heterocycles. The summed E-state index contributed by atoms with van der Waals surface area (Å²) in [5.74, 6) is 0.748. The van der Waals surface area contributed by atoms with Crippen LogP contribution in [0.1, 0.15) is 24.8 Å². The summed E-state index contributed by atoms with van der Waals surface area (Å²) in [6.45, 7) is 3.59. The number of benzene rings is 2. The third-order valence-electron chi connectivity index (χ3n) is 4.64. The summed E-state index contributed by atoms with van der Waals surface area (Å²) in [7, 11) is 1.59. The SMILES string of the molecule is COc1ccc(-n2nc[nH]c2=O)cc1.Clc1ccc(CN2CCCCC2)cc1. The van der Waals surface area contributed by atoms with Crippen molar-refractivity contribution >= 4 is 11.6 Å². The Balaban J connectivity index is 0.000000161. The van der Waals surface area contributed by atoms with Gasteiger partial charge >= 0.3 is 5.69 Å².